The number of aryl methyl sites for hydroxylation is 1. The molecule has 0 bridgehead atoms. The van der Waals surface area contributed by atoms with E-state index in [1.807, 2.05) is 48.5 Å². The van der Waals surface area contributed by atoms with E-state index in [-0.39, 0.29) is 18.2 Å². The van der Waals surface area contributed by atoms with Crippen molar-refractivity contribution in [2.24, 2.45) is 5.92 Å². The van der Waals surface area contributed by atoms with Gasteiger partial charge < -0.3 is 9.84 Å². The van der Waals surface area contributed by atoms with Gasteiger partial charge in [0.2, 0.25) is 5.91 Å². The molecule has 0 aliphatic heterocycles. The van der Waals surface area contributed by atoms with E-state index >= 15 is 0 Å². The second kappa shape index (κ2) is 9.92. The summed E-state index contributed by atoms with van der Waals surface area (Å²) in [7, 11) is 0. The van der Waals surface area contributed by atoms with E-state index in [1.165, 1.54) is 10.9 Å². The Bertz CT molecular complexity index is 965. The van der Waals surface area contributed by atoms with Gasteiger partial charge in [0.15, 0.2) is 0 Å². The summed E-state index contributed by atoms with van der Waals surface area (Å²) in [6.07, 6.45) is 10.3. The first kappa shape index (κ1) is 21.3. The Kier molecular flexibility index (Phi) is 6.82. The molecule has 0 spiro atoms. The number of aromatic nitrogens is 2. The number of ether oxygens (including phenoxy) is 1. The molecule has 1 N–H and O–H groups in total. The topological polar surface area (TPSA) is 64.3 Å². The van der Waals surface area contributed by atoms with Gasteiger partial charge in [0.25, 0.3) is 0 Å². The summed E-state index contributed by atoms with van der Waals surface area (Å²) in [5.74, 6) is 0.879. The van der Waals surface area contributed by atoms with Crippen LogP contribution in [0.3, 0.4) is 0 Å². The second-order valence-corrected chi connectivity index (χ2v) is 8.55. The molecule has 1 saturated carbocycles. The van der Waals surface area contributed by atoms with E-state index in [2.05, 4.69) is 11.1 Å². The number of rotatable bonds is 9. The molecule has 1 aliphatic carbocycles. The molecule has 5 heteroatoms. The molecule has 0 unspecified atom stereocenters. The average molecular weight is 419 g/mol. The van der Waals surface area contributed by atoms with Crippen LogP contribution in [0.1, 0.15) is 54.4 Å². The SMILES string of the molecule is O=C(C[C@@](O)(CCc1cccc(OCc2ccccc2)c1)C1CCCC1)n1ccnc1. The van der Waals surface area contributed by atoms with Crippen LogP contribution in [0.15, 0.2) is 73.3 Å². The Labute approximate surface area is 183 Å². The molecule has 1 aromatic heterocycles. The van der Waals surface area contributed by atoms with Gasteiger partial charge in [-0.15, -0.1) is 0 Å². The summed E-state index contributed by atoms with van der Waals surface area (Å²) in [5, 5.41) is 11.6. The maximum atomic E-state index is 12.7. The third-order valence-electron chi connectivity index (χ3n) is 6.36. The molecule has 0 saturated heterocycles. The molecule has 1 fully saturated rings. The highest BCUT2D eigenvalue weighted by Crippen LogP contribution is 2.39. The van der Waals surface area contributed by atoms with Crippen molar-refractivity contribution in [1.82, 2.24) is 9.55 Å². The van der Waals surface area contributed by atoms with Gasteiger partial charge in [0, 0.05) is 12.4 Å². The largest absolute Gasteiger partial charge is 0.489 e. The van der Waals surface area contributed by atoms with Crippen molar-refractivity contribution >= 4 is 5.91 Å². The minimum atomic E-state index is -1.00. The number of benzene rings is 2. The fourth-order valence-electron chi connectivity index (χ4n) is 4.55. The lowest BCUT2D eigenvalue weighted by atomic mass is 9.78. The number of hydrogen-bond donors (Lipinski definition) is 1. The fourth-order valence-corrected chi connectivity index (χ4v) is 4.55. The first-order valence-electron chi connectivity index (χ1n) is 11.1. The van der Waals surface area contributed by atoms with Crippen LogP contribution >= 0.6 is 0 Å². The van der Waals surface area contributed by atoms with Crippen LogP contribution in [-0.4, -0.2) is 26.2 Å². The smallest absolute Gasteiger partial charge is 0.234 e. The number of carbonyl (C=O) groups excluding carboxylic acids is 1. The van der Waals surface area contributed by atoms with Gasteiger partial charge in [-0.2, -0.15) is 0 Å². The number of nitrogens with zero attached hydrogens (tertiary/aromatic N) is 2. The fraction of sp³-hybridized carbons (Fsp3) is 0.385. The predicted octanol–water partition coefficient (Wildman–Crippen LogP) is 5.05. The van der Waals surface area contributed by atoms with E-state index < -0.39 is 5.60 Å². The molecule has 2 aromatic carbocycles. The van der Waals surface area contributed by atoms with Crippen LogP contribution in [0.4, 0.5) is 0 Å². The lowest BCUT2D eigenvalue weighted by Gasteiger charge is -2.34. The molecule has 0 amide bonds. The summed E-state index contributed by atoms with van der Waals surface area (Å²) < 4.78 is 7.42. The molecule has 1 atom stereocenters. The van der Waals surface area contributed by atoms with Gasteiger partial charge in [0.05, 0.1) is 12.0 Å². The number of imidazole rings is 1. The normalized spacial score (nSPS) is 16.2. The predicted molar refractivity (Wildman–Crippen MR) is 120 cm³/mol. The van der Waals surface area contributed by atoms with Crippen LogP contribution < -0.4 is 4.74 Å². The Hall–Kier alpha value is -2.92. The number of hydrogen-bond acceptors (Lipinski definition) is 4. The minimum absolute atomic E-state index is 0.105. The third-order valence-corrected chi connectivity index (χ3v) is 6.36. The summed E-state index contributed by atoms with van der Waals surface area (Å²) in [6, 6.07) is 18.1. The molecule has 4 rings (SSSR count). The zero-order valence-corrected chi connectivity index (χ0v) is 17.8. The standard InChI is InChI=1S/C26H30N2O3/c29-25(28-16-15-27-20-28)18-26(30,23-10-4-5-11-23)14-13-21-9-6-12-24(17-21)31-19-22-7-2-1-3-8-22/h1-3,6-9,12,15-17,20,23,30H,4-5,10-11,13-14,18-19H2/t26-/m0/s1. The van der Waals surface area contributed by atoms with E-state index in [9.17, 15) is 9.90 Å². The maximum absolute atomic E-state index is 12.7. The molecule has 1 aliphatic rings. The quantitative estimate of drug-likeness (QED) is 0.528. The third kappa shape index (κ3) is 5.61. The monoisotopic (exact) mass is 418 g/mol. The molecule has 1 heterocycles. The van der Waals surface area contributed by atoms with Crippen LogP contribution in [0, 0.1) is 5.92 Å². The van der Waals surface area contributed by atoms with Crippen molar-refractivity contribution in [3.05, 3.63) is 84.4 Å². The second-order valence-electron chi connectivity index (χ2n) is 8.55. The average Bonchev–Trinajstić information content (AvgIpc) is 3.52. The van der Waals surface area contributed by atoms with Gasteiger partial charge in [-0.05, 0) is 54.9 Å². The van der Waals surface area contributed by atoms with Crippen molar-refractivity contribution in [3.8, 4) is 5.75 Å². The first-order valence-corrected chi connectivity index (χ1v) is 11.1. The van der Waals surface area contributed by atoms with E-state index in [1.54, 1.807) is 12.4 Å². The lowest BCUT2D eigenvalue weighted by molar-refractivity contribution is -0.0274. The number of carbonyl (C=O) groups is 1. The minimum Gasteiger partial charge on any atom is -0.489 e. The van der Waals surface area contributed by atoms with Gasteiger partial charge in [-0.25, -0.2) is 4.98 Å². The molecular formula is C26H30N2O3. The molecule has 0 radical (unpaired) electrons. The van der Waals surface area contributed by atoms with Crippen molar-refractivity contribution in [2.45, 2.75) is 57.2 Å². The van der Waals surface area contributed by atoms with Crippen molar-refractivity contribution in [3.63, 3.8) is 0 Å². The number of aliphatic hydroxyl groups is 1. The van der Waals surface area contributed by atoms with Crippen molar-refractivity contribution < 1.29 is 14.6 Å². The lowest BCUT2D eigenvalue weighted by Crippen LogP contribution is -2.40. The summed E-state index contributed by atoms with van der Waals surface area (Å²) in [6.45, 7) is 0.524. The highest BCUT2D eigenvalue weighted by molar-refractivity contribution is 5.79. The Balaban J connectivity index is 1.41. The van der Waals surface area contributed by atoms with E-state index in [4.69, 9.17) is 4.74 Å². The van der Waals surface area contributed by atoms with Crippen LogP contribution in [0.25, 0.3) is 0 Å². The molecule has 5 nitrogen and oxygen atoms in total. The van der Waals surface area contributed by atoms with Crippen molar-refractivity contribution in [2.75, 3.05) is 0 Å². The molecule has 162 valence electrons. The summed E-state index contributed by atoms with van der Waals surface area (Å²) >= 11 is 0. The first-order chi connectivity index (χ1) is 15.1. The molecular weight excluding hydrogens is 388 g/mol. The van der Waals surface area contributed by atoms with Gasteiger partial charge >= 0.3 is 0 Å². The van der Waals surface area contributed by atoms with Crippen LogP contribution in [0.2, 0.25) is 0 Å². The summed E-state index contributed by atoms with van der Waals surface area (Å²) in [5.41, 5.74) is 1.23. The van der Waals surface area contributed by atoms with Crippen molar-refractivity contribution in [1.29, 1.82) is 0 Å². The van der Waals surface area contributed by atoms with E-state index in [0.29, 0.717) is 19.4 Å². The van der Waals surface area contributed by atoms with Gasteiger partial charge in [-0.1, -0.05) is 55.3 Å². The Morgan fingerprint density at radius 2 is 1.87 bits per heavy atom. The highest BCUT2D eigenvalue weighted by Gasteiger charge is 2.40. The zero-order chi connectivity index (χ0) is 21.5. The van der Waals surface area contributed by atoms with Crippen LogP contribution in [-0.2, 0) is 13.0 Å². The van der Waals surface area contributed by atoms with Crippen LogP contribution in [0.5, 0.6) is 5.75 Å². The molecule has 3 aromatic rings. The highest BCUT2D eigenvalue weighted by atomic mass is 16.5. The van der Waals surface area contributed by atoms with E-state index in [0.717, 1.165) is 42.6 Å². The Morgan fingerprint density at radius 3 is 2.61 bits per heavy atom. The van der Waals surface area contributed by atoms with Gasteiger partial charge in [0.1, 0.15) is 18.7 Å². The zero-order valence-electron chi connectivity index (χ0n) is 17.8. The maximum Gasteiger partial charge on any atom is 0.234 e. The Morgan fingerprint density at radius 1 is 1.10 bits per heavy atom. The molecule has 31 heavy (non-hydrogen) atoms. The van der Waals surface area contributed by atoms with Gasteiger partial charge in [-0.3, -0.25) is 9.36 Å². The summed E-state index contributed by atoms with van der Waals surface area (Å²) in [4.78, 5) is 16.7.